The number of nitrogens with zero attached hydrogens (tertiary/aromatic N) is 2. The van der Waals surface area contributed by atoms with Gasteiger partial charge in [-0.15, -0.1) is 0 Å². The molecule has 0 saturated heterocycles. The first-order valence-corrected chi connectivity index (χ1v) is 9.52. The van der Waals surface area contributed by atoms with E-state index in [0.29, 0.717) is 16.6 Å². The second-order valence-electron chi connectivity index (χ2n) is 6.90. The van der Waals surface area contributed by atoms with Crippen LogP contribution in [0.5, 0.6) is 0 Å². The second kappa shape index (κ2) is 8.74. The van der Waals surface area contributed by atoms with Crippen molar-refractivity contribution in [1.82, 2.24) is 9.97 Å². The van der Waals surface area contributed by atoms with E-state index >= 15 is 0 Å². The standard InChI is InChI=1S/C23H24N2O3/c1-4-5-6-17-7-9-18(10-8-17)22(26)14-28-23(27)19-11-12-20-21(13-19)25-16(3)15(2)24-20/h7-13H,4-6,14H2,1-3H3. The third kappa shape index (κ3) is 4.60. The van der Waals surface area contributed by atoms with E-state index < -0.39 is 5.97 Å². The van der Waals surface area contributed by atoms with Crippen molar-refractivity contribution in [2.75, 3.05) is 6.61 Å². The molecule has 0 amide bonds. The summed E-state index contributed by atoms with van der Waals surface area (Å²) in [4.78, 5) is 33.5. The highest BCUT2D eigenvalue weighted by Gasteiger charge is 2.13. The van der Waals surface area contributed by atoms with Crippen LogP contribution in [0.3, 0.4) is 0 Å². The molecule has 5 nitrogen and oxygen atoms in total. The van der Waals surface area contributed by atoms with Gasteiger partial charge in [0, 0.05) is 5.56 Å². The van der Waals surface area contributed by atoms with Crippen molar-refractivity contribution in [2.45, 2.75) is 40.0 Å². The number of rotatable bonds is 7. The van der Waals surface area contributed by atoms with Gasteiger partial charge in [0.05, 0.1) is 28.0 Å². The fourth-order valence-corrected chi connectivity index (χ4v) is 2.89. The van der Waals surface area contributed by atoms with Crippen molar-refractivity contribution < 1.29 is 14.3 Å². The van der Waals surface area contributed by atoms with Gasteiger partial charge in [0.2, 0.25) is 0 Å². The van der Waals surface area contributed by atoms with E-state index in [1.54, 1.807) is 30.3 Å². The summed E-state index contributed by atoms with van der Waals surface area (Å²) < 4.78 is 5.21. The van der Waals surface area contributed by atoms with Crippen molar-refractivity contribution in [2.24, 2.45) is 0 Å². The third-order valence-corrected chi connectivity index (χ3v) is 4.74. The first-order valence-electron chi connectivity index (χ1n) is 9.52. The Kier molecular flexibility index (Phi) is 6.14. The number of esters is 1. The summed E-state index contributed by atoms with van der Waals surface area (Å²) in [7, 11) is 0. The summed E-state index contributed by atoms with van der Waals surface area (Å²) in [5.74, 6) is -0.766. The number of unbranched alkanes of at least 4 members (excludes halogenated alkanes) is 1. The van der Waals surface area contributed by atoms with E-state index in [9.17, 15) is 9.59 Å². The fraction of sp³-hybridized carbons (Fsp3) is 0.304. The van der Waals surface area contributed by atoms with Gasteiger partial charge in [-0.3, -0.25) is 4.79 Å². The molecule has 5 heteroatoms. The molecule has 1 heterocycles. The molecule has 0 atom stereocenters. The molecule has 3 aromatic rings. The second-order valence-corrected chi connectivity index (χ2v) is 6.90. The van der Waals surface area contributed by atoms with Gasteiger partial charge >= 0.3 is 5.97 Å². The van der Waals surface area contributed by atoms with Crippen LogP contribution in [0.4, 0.5) is 0 Å². The Bertz CT molecular complexity index is 1010. The molecule has 0 fully saturated rings. The first kappa shape index (κ1) is 19.7. The average Bonchev–Trinajstić information content (AvgIpc) is 2.71. The van der Waals surface area contributed by atoms with Crippen LogP contribution in [0.2, 0.25) is 0 Å². The van der Waals surface area contributed by atoms with Crippen LogP contribution in [0.25, 0.3) is 11.0 Å². The van der Waals surface area contributed by atoms with Crippen LogP contribution >= 0.6 is 0 Å². The van der Waals surface area contributed by atoms with Crippen LogP contribution in [-0.4, -0.2) is 28.3 Å². The Morgan fingerprint density at radius 2 is 1.54 bits per heavy atom. The molecule has 0 aliphatic carbocycles. The lowest BCUT2D eigenvalue weighted by atomic mass is 10.0. The highest BCUT2D eigenvalue weighted by atomic mass is 16.5. The van der Waals surface area contributed by atoms with E-state index in [1.807, 2.05) is 26.0 Å². The molecule has 1 aromatic heterocycles. The topological polar surface area (TPSA) is 69.2 Å². The van der Waals surface area contributed by atoms with Crippen molar-refractivity contribution in [3.05, 3.63) is 70.5 Å². The van der Waals surface area contributed by atoms with E-state index in [4.69, 9.17) is 4.74 Å². The Labute approximate surface area is 164 Å². The molecule has 0 aliphatic rings. The minimum atomic E-state index is -0.546. The van der Waals surface area contributed by atoms with Gasteiger partial charge in [-0.25, -0.2) is 14.8 Å². The van der Waals surface area contributed by atoms with Crippen molar-refractivity contribution in [1.29, 1.82) is 0 Å². The zero-order valence-corrected chi connectivity index (χ0v) is 16.5. The number of fused-ring (bicyclic) bond motifs is 1. The lowest BCUT2D eigenvalue weighted by Gasteiger charge is -2.07. The smallest absolute Gasteiger partial charge is 0.338 e. The fourth-order valence-electron chi connectivity index (χ4n) is 2.89. The van der Waals surface area contributed by atoms with E-state index in [2.05, 4.69) is 16.9 Å². The van der Waals surface area contributed by atoms with E-state index in [0.717, 1.165) is 36.2 Å². The molecular formula is C23H24N2O3. The maximum Gasteiger partial charge on any atom is 0.338 e. The molecule has 2 aromatic carbocycles. The summed E-state index contributed by atoms with van der Waals surface area (Å²) in [6, 6.07) is 12.5. The predicted octanol–water partition coefficient (Wildman–Crippen LogP) is 4.63. The highest BCUT2D eigenvalue weighted by molar-refractivity contribution is 6.00. The summed E-state index contributed by atoms with van der Waals surface area (Å²) in [5, 5.41) is 0. The molecule has 28 heavy (non-hydrogen) atoms. The van der Waals surface area contributed by atoms with Gasteiger partial charge in [0.15, 0.2) is 12.4 Å². The van der Waals surface area contributed by atoms with Gasteiger partial charge in [-0.05, 0) is 50.5 Å². The molecule has 0 spiro atoms. The number of hydrogen-bond acceptors (Lipinski definition) is 5. The van der Waals surface area contributed by atoms with Gasteiger partial charge in [-0.1, -0.05) is 37.6 Å². The summed E-state index contributed by atoms with van der Waals surface area (Å²) in [6.07, 6.45) is 3.26. The normalized spacial score (nSPS) is 10.8. The van der Waals surface area contributed by atoms with Crippen molar-refractivity contribution >= 4 is 22.8 Å². The molecule has 0 radical (unpaired) electrons. The Balaban J connectivity index is 1.64. The quantitative estimate of drug-likeness (QED) is 0.444. The molecule has 144 valence electrons. The Morgan fingerprint density at radius 3 is 2.21 bits per heavy atom. The molecule has 0 bridgehead atoms. The molecular weight excluding hydrogens is 352 g/mol. The minimum Gasteiger partial charge on any atom is -0.454 e. The largest absolute Gasteiger partial charge is 0.454 e. The lowest BCUT2D eigenvalue weighted by Crippen LogP contribution is -2.14. The maximum absolute atomic E-state index is 12.3. The molecule has 0 saturated carbocycles. The molecule has 0 unspecified atom stereocenters. The number of ether oxygens (including phenoxy) is 1. The Hall–Kier alpha value is -3.08. The lowest BCUT2D eigenvalue weighted by molar-refractivity contribution is 0.0475. The van der Waals surface area contributed by atoms with Crippen LogP contribution < -0.4 is 0 Å². The molecule has 0 aliphatic heterocycles. The zero-order chi connectivity index (χ0) is 20.1. The minimum absolute atomic E-state index is 0.220. The van der Waals surface area contributed by atoms with Crippen LogP contribution in [0, 0.1) is 13.8 Å². The average molecular weight is 376 g/mol. The SMILES string of the molecule is CCCCc1ccc(C(=O)COC(=O)c2ccc3nc(C)c(C)nc3c2)cc1. The van der Waals surface area contributed by atoms with Gasteiger partial charge < -0.3 is 4.74 Å². The number of ketones is 1. The number of aryl methyl sites for hydroxylation is 3. The number of carbonyl (C=O) groups is 2. The molecule has 0 N–H and O–H groups in total. The van der Waals surface area contributed by atoms with Crippen LogP contribution in [0.15, 0.2) is 42.5 Å². The van der Waals surface area contributed by atoms with E-state index in [1.165, 1.54) is 5.56 Å². The summed E-state index contributed by atoms with van der Waals surface area (Å²) >= 11 is 0. The van der Waals surface area contributed by atoms with Gasteiger partial charge in [-0.2, -0.15) is 0 Å². The van der Waals surface area contributed by atoms with Crippen molar-refractivity contribution in [3.63, 3.8) is 0 Å². The summed E-state index contributed by atoms with van der Waals surface area (Å²) in [5.41, 5.74) is 5.13. The predicted molar refractivity (Wildman–Crippen MR) is 109 cm³/mol. The van der Waals surface area contributed by atoms with Crippen molar-refractivity contribution in [3.8, 4) is 0 Å². The summed E-state index contributed by atoms with van der Waals surface area (Å²) in [6.45, 7) is 5.63. The Morgan fingerprint density at radius 1 is 0.893 bits per heavy atom. The zero-order valence-electron chi connectivity index (χ0n) is 16.5. The molecule has 3 rings (SSSR count). The van der Waals surface area contributed by atoms with Crippen LogP contribution in [0.1, 0.15) is 57.4 Å². The maximum atomic E-state index is 12.3. The van der Waals surface area contributed by atoms with Gasteiger partial charge in [0.25, 0.3) is 0 Å². The highest BCUT2D eigenvalue weighted by Crippen LogP contribution is 2.15. The number of aromatic nitrogens is 2. The monoisotopic (exact) mass is 376 g/mol. The van der Waals surface area contributed by atoms with E-state index in [-0.39, 0.29) is 12.4 Å². The number of benzene rings is 2. The number of Topliss-reactive ketones (excluding diaryl/α,β-unsaturated/α-hetero) is 1. The van der Waals surface area contributed by atoms with Gasteiger partial charge in [0.1, 0.15) is 0 Å². The van der Waals surface area contributed by atoms with Crippen LogP contribution in [-0.2, 0) is 11.2 Å². The number of carbonyl (C=O) groups excluding carboxylic acids is 2. The third-order valence-electron chi connectivity index (χ3n) is 4.74. The number of hydrogen-bond donors (Lipinski definition) is 0. The first-order chi connectivity index (χ1) is 13.5.